The van der Waals surface area contributed by atoms with Gasteiger partial charge in [-0.15, -0.1) is 11.8 Å². The van der Waals surface area contributed by atoms with E-state index in [2.05, 4.69) is 5.32 Å². The van der Waals surface area contributed by atoms with Crippen LogP contribution in [0.5, 0.6) is 0 Å². The van der Waals surface area contributed by atoms with E-state index >= 15 is 0 Å². The summed E-state index contributed by atoms with van der Waals surface area (Å²) in [6.45, 7) is 0.339. The van der Waals surface area contributed by atoms with E-state index in [0.717, 1.165) is 5.69 Å². The topological polar surface area (TPSA) is 32.3 Å². The van der Waals surface area contributed by atoms with Crippen molar-refractivity contribution < 1.29 is 4.79 Å². The quantitative estimate of drug-likeness (QED) is 0.793. The summed E-state index contributed by atoms with van der Waals surface area (Å²) in [6.07, 6.45) is 2.04. The fourth-order valence-electron chi connectivity index (χ4n) is 1.04. The number of likely N-dealkylation sites (N-methyl/N-ethyl adjacent to an activating group) is 1. The lowest BCUT2D eigenvalue weighted by atomic mass is 10.3. The van der Waals surface area contributed by atoms with Crippen molar-refractivity contribution in [3.8, 4) is 0 Å². The van der Waals surface area contributed by atoms with Crippen LogP contribution in [0.15, 0.2) is 29.2 Å². The van der Waals surface area contributed by atoms with Gasteiger partial charge in [-0.3, -0.25) is 4.79 Å². The second kappa shape index (κ2) is 5.66. The first kappa shape index (κ1) is 11.9. The maximum absolute atomic E-state index is 11.3. The minimum Gasteiger partial charge on any atom is -0.376 e. The van der Waals surface area contributed by atoms with Gasteiger partial charge in [0.1, 0.15) is 0 Å². The van der Waals surface area contributed by atoms with Crippen molar-refractivity contribution in [3.63, 3.8) is 0 Å². The van der Waals surface area contributed by atoms with Crippen molar-refractivity contribution in [2.24, 2.45) is 0 Å². The largest absolute Gasteiger partial charge is 0.376 e. The molecule has 1 N–H and O–H groups in total. The molecule has 0 radical (unpaired) electrons. The lowest BCUT2D eigenvalue weighted by molar-refractivity contribution is -0.126. The van der Waals surface area contributed by atoms with Crippen molar-refractivity contribution in [2.75, 3.05) is 32.2 Å². The van der Waals surface area contributed by atoms with Gasteiger partial charge in [-0.1, -0.05) is 0 Å². The Bertz CT molecular complexity index is 322. The van der Waals surface area contributed by atoms with Crippen molar-refractivity contribution in [1.29, 1.82) is 0 Å². The molecule has 0 aromatic heterocycles. The van der Waals surface area contributed by atoms with Gasteiger partial charge in [0.2, 0.25) is 5.91 Å². The first-order chi connectivity index (χ1) is 7.13. The zero-order chi connectivity index (χ0) is 11.3. The van der Waals surface area contributed by atoms with Crippen LogP contribution < -0.4 is 5.32 Å². The van der Waals surface area contributed by atoms with Crippen molar-refractivity contribution in [3.05, 3.63) is 24.3 Å². The number of anilines is 1. The summed E-state index contributed by atoms with van der Waals surface area (Å²) < 4.78 is 0. The molecule has 1 amide bonds. The molecule has 0 aliphatic rings. The Kier molecular flexibility index (Phi) is 4.49. The summed E-state index contributed by atoms with van der Waals surface area (Å²) in [5.41, 5.74) is 0.975. The van der Waals surface area contributed by atoms with E-state index in [1.807, 2.05) is 30.5 Å². The average Bonchev–Trinajstić information content (AvgIpc) is 2.26. The zero-order valence-electron chi connectivity index (χ0n) is 9.28. The molecule has 1 aromatic rings. The number of hydrogen-bond acceptors (Lipinski definition) is 3. The fourth-order valence-corrected chi connectivity index (χ4v) is 1.45. The predicted octanol–water partition coefficient (Wildman–Crippen LogP) is 1.91. The summed E-state index contributed by atoms with van der Waals surface area (Å²) in [6, 6.07) is 8.03. The molecule has 1 aromatic carbocycles. The van der Waals surface area contributed by atoms with Crippen LogP contribution in [0.2, 0.25) is 0 Å². The number of rotatable bonds is 4. The molecule has 0 aliphatic carbocycles. The third kappa shape index (κ3) is 3.83. The third-order valence-corrected chi connectivity index (χ3v) is 2.78. The molecule has 0 bridgehead atoms. The van der Waals surface area contributed by atoms with E-state index in [1.165, 1.54) is 4.90 Å². The Balaban J connectivity index is 2.47. The highest BCUT2D eigenvalue weighted by Crippen LogP contribution is 2.17. The van der Waals surface area contributed by atoms with Crippen LogP contribution in [0.4, 0.5) is 5.69 Å². The summed E-state index contributed by atoms with van der Waals surface area (Å²) in [4.78, 5) is 14.1. The molecule has 1 rings (SSSR count). The first-order valence-corrected chi connectivity index (χ1v) is 5.94. The fraction of sp³-hybridized carbons (Fsp3) is 0.364. The van der Waals surface area contributed by atoms with Gasteiger partial charge in [0, 0.05) is 24.7 Å². The summed E-state index contributed by atoms with van der Waals surface area (Å²) in [5.74, 6) is 0.0731. The lowest BCUT2D eigenvalue weighted by Crippen LogP contribution is -2.28. The number of hydrogen-bond donors (Lipinski definition) is 1. The molecule has 4 heteroatoms. The van der Waals surface area contributed by atoms with Crippen LogP contribution >= 0.6 is 11.8 Å². The Labute approximate surface area is 94.9 Å². The average molecular weight is 224 g/mol. The van der Waals surface area contributed by atoms with Crippen molar-refractivity contribution >= 4 is 23.4 Å². The number of benzene rings is 1. The molecular weight excluding hydrogens is 208 g/mol. The molecule has 0 spiro atoms. The van der Waals surface area contributed by atoms with Gasteiger partial charge < -0.3 is 10.2 Å². The number of nitrogens with one attached hydrogen (secondary N) is 1. The van der Waals surface area contributed by atoms with E-state index in [-0.39, 0.29) is 5.91 Å². The molecule has 0 heterocycles. The number of thioether (sulfide) groups is 1. The molecule has 0 saturated heterocycles. The lowest BCUT2D eigenvalue weighted by Gasteiger charge is -2.11. The van der Waals surface area contributed by atoms with E-state index in [9.17, 15) is 4.79 Å². The van der Waals surface area contributed by atoms with Gasteiger partial charge in [-0.25, -0.2) is 0 Å². The summed E-state index contributed by atoms with van der Waals surface area (Å²) in [7, 11) is 3.50. The Morgan fingerprint density at radius 3 is 2.40 bits per heavy atom. The van der Waals surface area contributed by atoms with E-state index in [4.69, 9.17) is 0 Å². The summed E-state index contributed by atoms with van der Waals surface area (Å²) >= 11 is 1.70. The number of nitrogens with zero attached hydrogens (tertiary/aromatic N) is 1. The molecular formula is C11H16N2OS. The molecule has 0 atom stereocenters. The maximum Gasteiger partial charge on any atom is 0.241 e. The molecule has 0 aliphatic heterocycles. The molecule has 0 unspecified atom stereocenters. The van der Waals surface area contributed by atoms with Crippen LogP contribution in [0.3, 0.4) is 0 Å². The predicted molar refractivity (Wildman–Crippen MR) is 65.4 cm³/mol. The van der Waals surface area contributed by atoms with Gasteiger partial charge in [0.25, 0.3) is 0 Å². The Hall–Kier alpha value is -1.16. The van der Waals surface area contributed by atoms with Crippen molar-refractivity contribution in [2.45, 2.75) is 4.90 Å². The highest BCUT2D eigenvalue weighted by molar-refractivity contribution is 7.98. The van der Waals surface area contributed by atoms with Crippen LogP contribution in [-0.4, -0.2) is 37.7 Å². The number of carbonyl (C=O) groups is 1. The van der Waals surface area contributed by atoms with Crippen molar-refractivity contribution in [1.82, 2.24) is 4.90 Å². The van der Waals surface area contributed by atoms with Gasteiger partial charge in [0.05, 0.1) is 6.54 Å². The summed E-state index contributed by atoms with van der Waals surface area (Å²) in [5, 5.41) is 3.08. The van der Waals surface area contributed by atoms with Crippen LogP contribution in [0.25, 0.3) is 0 Å². The SMILES string of the molecule is CSc1ccc(NCC(=O)N(C)C)cc1. The van der Waals surface area contributed by atoms with E-state index in [0.29, 0.717) is 6.54 Å². The van der Waals surface area contributed by atoms with E-state index < -0.39 is 0 Å². The Morgan fingerprint density at radius 2 is 1.93 bits per heavy atom. The molecule has 82 valence electrons. The second-order valence-electron chi connectivity index (χ2n) is 3.37. The van der Waals surface area contributed by atoms with E-state index in [1.54, 1.807) is 30.8 Å². The van der Waals surface area contributed by atoms with Crippen LogP contribution in [0, 0.1) is 0 Å². The molecule has 15 heavy (non-hydrogen) atoms. The van der Waals surface area contributed by atoms with Gasteiger partial charge in [0.15, 0.2) is 0 Å². The van der Waals surface area contributed by atoms with Gasteiger partial charge in [-0.2, -0.15) is 0 Å². The number of carbonyl (C=O) groups excluding carboxylic acids is 1. The van der Waals surface area contributed by atoms with Gasteiger partial charge in [-0.05, 0) is 30.5 Å². The highest BCUT2D eigenvalue weighted by atomic mass is 32.2. The molecule has 3 nitrogen and oxygen atoms in total. The molecule has 0 saturated carbocycles. The molecule has 0 fully saturated rings. The minimum absolute atomic E-state index is 0.0731. The third-order valence-electron chi connectivity index (χ3n) is 2.03. The Morgan fingerprint density at radius 1 is 1.33 bits per heavy atom. The van der Waals surface area contributed by atoms with Gasteiger partial charge >= 0.3 is 0 Å². The minimum atomic E-state index is 0.0731. The highest BCUT2D eigenvalue weighted by Gasteiger charge is 2.02. The van der Waals surface area contributed by atoms with Crippen LogP contribution in [0.1, 0.15) is 0 Å². The smallest absolute Gasteiger partial charge is 0.241 e. The second-order valence-corrected chi connectivity index (χ2v) is 4.25. The van der Waals surface area contributed by atoms with Crippen LogP contribution in [-0.2, 0) is 4.79 Å². The zero-order valence-corrected chi connectivity index (χ0v) is 10.1. The number of amides is 1. The maximum atomic E-state index is 11.3. The standard InChI is InChI=1S/C11H16N2OS/c1-13(2)11(14)8-12-9-4-6-10(15-3)7-5-9/h4-7,12H,8H2,1-3H3. The normalized spacial score (nSPS) is 9.80. The monoisotopic (exact) mass is 224 g/mol. The first-order valence-electron chi connectivity index (χ1n) is 4.71.